The lowest BCUT2D eigenvalue weighted by atomic mass is 9.86. The fraction of sp³-hybridized carbons (Fsp3) is 0.581. The Balaban J connectivity index is 1.72. The maximum Gasteiger partial charge on any atom is 0.339 e. The molecule has 4 rings (SSSR count). The number of hydrogen-bond acceptors (Lipinski definition) is 5. The van der Waals surface area contributed by atoms with Gasteiger partial charge in [-0.05, 0) is 87.6 Å². The summed E-state index contributed by atoms with van der Waals surface area (Å²) in [6, 6.07) is 3.41. The van der Waals surface area contributed by atoms with E-state index in [1.165, 1.54) is 5.57 Å². The van der Waals surface area contributed by atoms with Crippen LogP contribution in [-0.2, 0) is 14.2 Å². The Kier molecular flexibility index (Phi) is 8.11. The fourth-order valence-corrected chi connectivity index (χ4v) is 5.67. The molecule has 0 saturated carbocycles. The van der Waals surface area contributed by atoms with E-state index in [0.29, 0.717) is 41.4 Å². The number of benzene rings is 1. The van der Waals surface area contributed by atoms with Gasteiger partial charge < -0.3 is 19.3 Å². The van der Waals surface area contributed by atoms with Crippen LogP contribution in [0.1, 0.15) is 94.6 Å². The normalized spacial score (nSPS) is 33.9. The van der Waals surface area contributed by atoms with E-state index in [0.717, 1.165) is 31.3 Å². The molecule has 0 aliphatic carbocycles. The quantitative estimate of drug-likeness (QED) is 0.303. The van der Waals surface area contributed by atoms with Crippen molar-refractivity contribution in [2.75, 3.05) is 0 Å². The molecule has 36 heavy (non-hydrogen) atoms. The summed E-state index contributed by atoms with van der Waals surface area (Å²) in [5.41, 5.74) is 4.05. The van der Waals surface area contributed by atoms with E-state index in [9.17, 15) is 9.90 Å². The lowest BCUT2D eigenvalue weighted by molar-refractivity contribution is -0.331. The number of ether oxygens (including phenoxy) is 3. The molecule has 1 aromatic rings. The first kappa shape index (κ1) is 26.7. The van der Waals surface area contributed by atoms with E-state index in [1.54, 1.807) is 19.1 Å². The van der Waals surface area contributed by atoms with Crippen molar-refractivity contribution >= 4 is 11.5 Å². The van der Waals surface area contributed by atoms with Gasteiger partial charge in [-0.25, -0.2) is 4.79 Å². The molecule has 2 bridgehead atoms. The van der Waals surface area contributed by atoms with Crippen molar-refractivity contribution in [2.24, 2.45) is 11.8 Å². The lowest BCUT2D eigenvalue weighted by Crippen LogP contribution is -2.53. The number of allylic oxidation sites excluding steroid dienone is 5. The van der Waals surface area contributed by atoms with Crippen molar-refractivity contribution in [3.05, 3.63) is 58.7 Å². The van der Waals surface area contributed by atoms with Crippen molar-refractivity contribution < 1.29 is 24.1 Å². The molecule has 6 unspecified atom stereocenters. The van der Waals surface area contributed by atoms with Crippen LogP contribution in [0.5, 0.6) is 5.75 Å². The molecule has 6 atom stereocenters. The van der Waals surface area contributed by atoms with Crippen molar-refractivity contribution in [3.8, 4) is 5.75 Å². The Hall–Kier alpha value is -2.37. The van der Waals surface area contributed by atoms with Crippen LogP contribution in [0.4, 0.5) is 0 Å². The smallest absolute Gasteiger partial charge is 0.339 e. The van der Waals surface area contributed by atoms with Gasteiger partial charge in [0.25, 0.3) is 0 Å². The summed E-state index contributed by atoms with van der Waals surface area (Å²) in [5, 5.41) is 10.4. The highest BCUT2D eigenvalue weighted by Crippen LogP contribution is 2.43. The van der Waals surface area contributed by atoms with Crippen molar-refractivity contribution in [1.29, 1.82) is 0 Å². The van der Waals surface area contributed by atoms with Crippen LogP contribution in [0.15, 0.2) is 42.0 Å². The highest BCUT2D eigenvalue weighted by Gasteiger charge is 2.47. The highest BCUT2D eigenvalue weighted by atomic mass is 16.7. The molecule has 5 nitrogen and oxygen atoms in total. The number of phenols is 1. The Morgan fingerprint density at radius 1 is 1.03 bits per heavy atom. The molecule has 2 saturated heterocycles. The first-order chi connectivity index (χ1) is 17.0. The number of aromatic hydroxyl groups is 1. The zero-order valence-electron chi connectivity index (χ0n) is 22.7. The second kappa shape index (κ2) is 10.9. The summed E-state index contributed by atoms with van der Waals surface area (Å²) >= 11 is 0. The topological polar surface area (TPSA) is 65.0 Å². The number of aryl methyl sites for hydroxylation is 1. The zero-order valence-corrected chi connectivity index (χ0v) is 22.7. The van der Waals surface area contributed by atoms with Crippen molar-refractivity contribution in [3.63, 3.8) is 0 Å². The second-order valence-electron chi connectivity index (χ2n) is 11.3. The molecule has 0 radical (unpaired) electrons. The maximum absolute atomic E-state index is 13.6. The van der Waals surface area contributed by atoms with Crippen LogP contribution in [-0.4, -0.2) is 35.2 Å². The minimum atomic E-state index is -0.716. The van der Waals surface area contributed by atoms with Gasteiger partial charge in [0.2, 0.25) is 0 Å². The number of esters is 1. The molecule has 1 spiro atoms. The predicted molar refractivity (Wildman–Crippen MR) is 143 cm³/mol. The number of rotatable bonds is 0. The fourth-order valence-electron chi connectivity index (χ4n) is 5.67. The van der Waals surface area contributed by atoms with Crippen LogP contribution in [0.25, 0.3) is 5.57 Å². The third-order valence-electron chi connectivity index (χ3n) is 8.04. The predicted octanol–water partition coefficient (Wildman–Crippen LogP) is 7.27. The molecule has 196 valence electrons. The lowest BCUT2D eigenvalue weighted by Gasteiger charge is -2.49. The average Bonchev–Trinajstić information content (AvgIpc) is 2.81. The van der Waals surface area contributed by atoms with Gasteiger partial charge in [0.15, 0.2) is 5.79 Å². The molecule has 5 heteroatoms. The number of phenolic OH excluding ortho intramolecular Hbond substituents is 1. The van der Waals surface area contributed by atoms with Crippen LogP contribution >= 0.6 is 0 Å². The molecule has 0 aromatic heterocycles. The maximum atomic E-state index is 13.6. The highest BCUT2D eigenvalue weighted by molar-refractivity contribution is 5.96. The molecule has 3 aliphatic heterocycles. The number of fused-ring (bicyclic) bond motifs is 3. The molecule has 2 fully saturated rings. The molecule has 3 aliphatic rings. The number of carbonyl (C=O) groups excluding carboxylic acids is 1. The van der Waals surface area contributed by atoms with Crippen LogP contribution in [0, 0.1) is 18.8 Å². The molecule has 3 heterocycles. The first-order valence-corrected chi connectivity index (χ1v) is 13.5. The Morgan fingerprint density at radius 3 is 2.56 bits per heavy atom. The molecular weight excluding hydrogens is 452 g/mol. The second-order valence-corrected chi connectivity index (χ2v) is 11.3. The van der Waals surface area contributed by atoms with Gasteiger partial charge in [-0.3, -0.25) is 0 Å². The Bertz CT molecular complexity index is 1070. The first-order valence-electron chi connectivity index (χ1n) is 13.5. The van der Waals surface area contributed by atoms with E-state index < -0.39 is 5.79 Å². The van der Waals surface area contributed by atoms with E-state index in [2.05, 4.69) is 39.8 Å². The molecular formula is C31H42O5. The van der Waals surface area contributed by atoms with Crippen molar-refractivity contribution in [2.45, 2.75) is 104 Å². The minimum Gasteiger partial charge on any atom is -0.508 e. The summed E-state index contributed by atoms with van der Waals surface area (Å²) < 4.78 is 19.3. The summed E-state index contributed by atoms with van der Waals surface area (Å²) in [7, 11) is 0. The van der Waals surface area contributed by atoms with E-state index in [1.807, 2.05) is 19.1 Å². The molecule has 1 N–H and O–H groups in total. The monoisotopic (exact) mass is 494 g/mol. The van der Waals surface area contributed by atoms with Crippen LogP contribution < -0.4 is 0 Å². The van der Waals surface area contributed by atoms with Gasteiger partial charge in [-0.15, -0.1) is 0 Å². The van der Waals surface area contributed by atoms with Crippen LogP contribution in [0.3, 0.4) is 0 Å². The number of carbonyl (C=O) groups is 1. The van der Waals surface area contributed by atoms with Gasteiger partial charge in [-0.2, -0.15) is 0 Å². The third kappa shape index (κ3) is 6.12. The van der Waals surface area contributed by atoms with Crippen LogP contribution in [0.2, 0.25) is 0 Å². The van der Waals surface area contributed by atoms with Gasteiger partial charge >= 0.3 is 5.97 Å². The zero-order chi connectivity index (χ0) is 26.0. The van der Waals surface area contributed by atoms with Gasteiger partial charge in [0, 0.05) is 19.3 Å². The minimum absolute atomic E-state index is 0.0754. The van der Waals surface area contributed by atoms with E-state index >= 15 is 0 Å². The third-order valence-corrected chi connectivity index (χ3v) is 8.04. The Morgan fingerprint density at radius 2 is 1.81 bits per heavy atom. The summed E-state index contributed by atoms with van der Waals surface area (Å²) in [4.78, 5) is 13.6. The van der Waals surface area contributed by atoms with Gasteiger partial charge in [-0.1, -0.05) is 43.7 Å². The number of hydrogen-bond donors (Lipinski definition) is 1. The average molecular weight is 495 g/mol. The molecule has 0 amide bonds. The Labute approximate surface area is 216 Å². The molecule has 1 aromatic carbocycles. The summed E-state index contributed by atoms with van der Waals surface area (Å²) in [5.74, 6) is -0.0581. The summed E-state index contributed by atoms with van der Waals surface area (Å²) in [6.45, 7) is 12.5. The standard InChI is InChI=1S/C31H42O5/c1-19-8-7-9-22(4)27-17-29(32)23(5)15-28(27)30(33)34-26-16-25(11-10-20(2)14-19)36-31(18-26)13-12-21(3)24(6)35-31/h7-10,15,17,19,21,24-26,32H,11-14,16,18H2,1-6H3. The van der Waals surface area contributed by atoms with E-state index in [-0.39, 0.29) is 30.0 Å². The van der Waals surface area contributed by atoms with Crippen molar-refractivity contribution in [1.82, 2.24) is 0 Å². The van der Waals surface area contributed by atoms with E-state index in [4.69, 9.17) is 14.2 Å². The van der Waals surface area contributed by atoms with Gasteiger partial charge in [0.05, 0.1) is 17.8 Å². The summed E-state index contributed by atoms with van der Waals surface area (Å²) in [6.07, 6.45) is 13.0. The van der Waals surface area contributed by atoms with Gasteiger partial charge in [0.1, 0.15) is 11.9 Å². The largest absolute Gasteiger partial charge is 0.508 e. The SMILES string of the molecule is CC1=CCC2CC(CC3(CCC(C)C(C)O3)O2)OC(=O)c2cc(C)c(O)cc2C(C)=CC=CC(C)C1.